The maximum atomic E-state index is 12.4. The maximum absolute atomic E-state index is 12.4. The number of aromatic nitrogens is 2. The number of nitrogens with one attached hydrogen (secondary N) is 2. The Balaban J connectivity index is 2.34. The molecule has 0 bridgehead atoms. The highest BCUT2D eigenvalue weighted by molar-refractivity contribution is 6.04. The molecule has 0 aliphatic rings. The molecular weight excluding hydrogens is 360 g/mol. The van der Waals surface area contributed by atoms with Gasteiger partial charge in [-0.3, -0.25) is 14.6 Å². The molecule has 8 nitrogen and oxygen atoms in total. The van der Waals surface area contributed by atoms with E-state index in [4.69, 9.17) is 9.47 Å². The molecule has 28 heavy (non-hydrogen) atoms. The van der Waals surface area contributed by atoms with E-state index < -0.39 is 5.91 Å². The van der Waals surface area contributed by atoms with Gasteiger partial charge in [0.05, 0.1) is 30.8 Å². The van der Waals surface area contributed by atoms with Gasteiger partial charge >= 0.3 is 0 Å². The molecule has 0 spiro atoms. The summed E-state index contributed by atoms with van der Waals surface area (Å²) in [5.74, 6) is 0.552. The van der Waals surface area contributed by atoms with Crippen molar-refractivity contribution in [1.29, 1.82) is 0 Å². The zero-order valence-electron chi connectivity index (χ0n) is 16.6. The number of ether oxygens (including phenoxy) is 2. The van der Waals surface area contributed by atoms with E-state index in [0.717, 1.165) is 0 Å². The van der Waals surface area contributed by atoms with Gasteiger partial charge in [0, 0.05) is 30.9 Å². The first-order valence-corrected chi connectivity index (χ1v) is 9.25. The van der Waals surface area contributed by atoms with Crippen LogP contribution in [0.5, 0.6) is 11.5 Å². The number of carbonyl (C=O) groups excluding carboxylic acids is 2. The normalized spacial score (nSPS) is 10.5. The van der Waals surface area contributed by atoms with Crippen molar-refractivity contribution in [1.82, 2.24) is 9.97 Å². The number of anilines is 2. The molecule has 1 heterocycles. The van der Waals surface area contributed by atoms with Crippen LogP contribution < -0.4 is 20.1 Å². The maximum Gasteiger partial charge on any atom is 0.275 e. The van der Waals surface area contributed by atoms with Gasteiger partial charge in [-0.25, -0.2) is 4.98 Å². The van der Waals surface area contributed by atoms with Crippen LogP contribution in [0.2, 0.25) is 0 Å². The number of amides is 2. The van der Waals surface area contributed by atoms with Gasteiger partial charge in [0.15, 0.2) is 0 Å². The summed E-state index contributed by atoms with van der Waals surface area (Å²) in [6.45, 7) is 8.41. The molecule has 0 fully saturated rings. The molecule has 0 aliphatic heterocycles. The summed E-state index contributed by atoms with van der Waals surface area (Å²) < 4.78 is 11.3. The van der Waals surface area contributed by atoms with Crippen LogP contribution in [0.25, 0.3) is 0 Å². The molecule has 1 aromatic carbocycles. The number of nitrogens with zero attached hydrogens (tertiary/aromatic N) is 2. The van der Waals surface area contributed by atoms with E-state index in [1.807, 2.05) is 27.7 Å². The minimum absolute atomic E-state index is 0.116. The van der Waals surface area contributed by atoms with Crippen molar-refractivity contribution in [2.75, 3.05) is 23.8 Å². The molecule has 0 aliphatic carbocycles. The quantitative estimate of drug-likeness (QED) is 0.684. The van der Waals surface area contributed by atoms with Crippen LogP contribution in [0, 0.1) is 5.92 Å². The molecule has 0 atom stereocenters. The second-order valence-corrected chi connectivity index (χ2v) is 6.40. The van der Waals surface area contributed by atoms with Crippen molar-refractivity contribution < 1.29 is 19.1 Å². The number of carbonyl (C=O) groups is 2. The monoisotopic (exact) mass is 386 g/mol. The lowest BCUT2D eigenvalue weighted by Crippen LogP contribution is -2.17. The molecular formula is C20H26N4O4. The Bertz CT molecular complexity index is 809. The van der Waals surface area contributed by atoms with Crippen LogP contribution in [0.3, 0.4) is 0 Å². The van der Waals surface area contributed by atoms with E-state index in [2.05, 4.69) is 20.6 Å². The second kappa shape index (κ2) is 10.2. The van der Waals surface area contributed by atoms with Gasteiger partial charge in [0.1, 0.15) is 17.2 Å². The predicted molar refractivity (Wildman–Crippen MR) is 107 cm³/mol. The Kier molecular flexibility index (Phi) is 7.74. The Hall–Kier alpha value is -3.16. The summed E-state index contributed by atoms with van der Waals surface area (Å²) in [5.41, 5.74) is 1.09. The molecule has 2 N–H and O–H groups in total. The third kappa shape index (κ3) is 5.94. The van der Waals surface area contributed by atoms with Crippen molar-refractivity contribution in [2.24, 2.45) is 5.92 Å². The fourth-order valence-electron chi connectivity index (χ4n) is 2.48. The van der Waals surface area contributed by atoms with Crippen molar-refractivity contribution in [3.8, 4) is 11.5 Å². The van der Waals surface area contributed by atoms with Crippen LogP contribution in [-0.4, -0.2) is 35.0 Å². The van der Waals surface area contributed by atoms with Gasteiger partial charge in [-0.05, 0) is 19.8 Å². The molecule has 150 valence electrons. The Morgan fingerprint density at radius 1 is 1.00 bits per heavy atom. The lowest BCUT2D eigenvalue weighted by atomic mass is 10.1. The Morgan fingerprint density at radius 2 is 1.61 bits per heavy atom. The van der Waals surface area contributed by atoms with E-state index in [0.29, 0.717) is 42.5 Å². The molecule has 0 saturated carbocycles. The van der Waals surface area contributed by atoms with Crippen molar-refractivity contribution in [2.45, 2.75) is 34.1 Å². The van der Waals surface area contributed by atoms with Gasteiger partial charge in [0.25, 0.3) is 5.91 Å². The molecule has 8 heteroatoms. The fourth-order valence-corrected chi connectivity index (χ4v) is 2.48. The van der Waals surface area contributed by atoms with Crippen molar-refractivity contribution >= 4 is 23.2 Å². The first-order chi connectivity index (χ1) is 13.4. The van der Waals surface area contributed by atoms with Gasteiger partial charge in [-0.2, -0.15) is 0 Å². The largest absolute Gasteiger partial charge is 0.492 e. The summed E-state index contributed by atoms with van der Waals surface area (Å²) in [7, 11) is 0. The summed E-state index contributed by atoms with van der Waals surface area (Å²) in [4.78, 5) is 32.5. The van der Waals surface area contributed by atoms with Gasteiger partial charge in [-0.1, -0.05) is 13.8 Å². The van der Waals surface area contributed by atoms with Crippen LogP contribution >= 0.6 is 0 Å². The molecule has 1 aromatic heterocycles. The van der Waals surface area contributed by atoms with Crippen LogP contribution in [0.1, 0.15) is 44.6 Å². The minimum atomic E-state index is -0.423. The highest BCUT2D eigenvalue weighted by atomic mass is 16.5. The summed E-state index contributed by atoms with van der Waals surface area (Å²) in [6, 6.07) is 3.28. The smallest absolute Gasteiger partial charge is 0.275 e. The topological polar surface area (TPSA) is 102 Å². The van der Waals surface area contributed by atoms with Crippen molar-refractivity contribution in [3.05, 3.63) is 36.4 Å². The number of benzene rings is 1. The third-order valence-corrected chi connectivity index (χ3v) is 3.59. The van der Waals surface area contributed by atoms with Gasteiger partial charge < -0.3 is 20.1 Å². The average molecular weight is 386 g/mol. The van der Waals surface area contributed by atoms with Crippen LogP contribution in [0.15, 0.2) is 30.7 Å². The lowest BCUT2D eigenvalue weighted by molar-refractivity contribution is -0.116. The fraction of sp³-hybridized carbons (Fsp3) is 0.400. The summed E-state index contributed by atoms with van der Waals surface area (Å²) >= 11 is 0. The van der Waals surface area contributed by atoms with Crippen LogP contribution in [0.4, 0.5) is 11.4 Å². The van der Waals surface area contributed by atoms with E-state index in [9.17, 15) is 9.59 Å². The molecule has 2 aromatic rings. The standard InChI is InChI=1S/C20H26N4O4/c1-5-27-17-11-15(24-20(26)16-12-21-7-8-22-16)18(28-6-2)10-14(17)23-19(25)9-13(3)4/h7-8,10-13H,5-6,9H2,1-4H3,(H,23,25)(H,24,26). The number of hydrogen-bond acceptors (Lipinski definition) is 6. The lowest BCUT2D eigenvalue weighted by Gasteiger charge is -2.18. The zero-order chi connectivity index (χ0) is 20.5. The molecule has 0 saturated heterocycles. The van der Waals surface area contributed by atoms with E-state index >= 15 is 0 Å². The highest BCUT2D eigenvalue weighted by Crippen LogP contribution is 2.37. The van der Waals surface area contributed by atoms with E-state index in [-0.39, 0.29) is 17.5 Å². The first kappa shape index (κ1) is 21.1. The second-order valence-electron chi connectivity index (χ2n) is 6.40. The van der Waals surface area contributed by atoms with Crippen molar-refractivity contribution in [3.63, 3.8) is 0 Å². The highest BCUT2D eigenvalue weighted by Gasteiger charge is 2.17. The van der Waals surface area contributed by atoms with Gasteiger partial charge in [0.2, 0.25) is 5.91 Å². The average Bonchev–Trinajstić information content (AvgIpc) is 2.65. The summed E-state index contributed by atoms with van der Waals surface area (Å²) in [6.07, 6.45) is 4.70. The SMILES string of the molecule is CCOc1cc(NC(=O)c2cnccn2)c(OCC)cc1NC(=O)CC(C)C. The Morgan fingerprint density at radius 3 is 2.11 bits per heavy atom. The molecule has 0 unspecified atom stereocenters. The zero-order valence-corrected chi connectivity index (χ0v) is 16.6. The number of hydrogen-bond donors (Lipinski definition) is 2. The summed E-state index contributed by atoms with van der Waals surface area (Å²) in [5, 5.41) is 5.62. The molecule has 2 rings (SSSR count). The predicted octanol–water partition coefficient (Wildman–Crippen LogP) is 3.51. The van der Waals surface area contributed by atoms with Crippen LogP contribution in [-0.2, 0) is 4.79 Å². The molecule has 2 amide bonds. The third-order valence-electron chi connectivity index (χ3n) is 3.59. The van der Waals surface area contributed by atoms with E-state index in [1.54, 1.807) is 12.1 Å². The Labute approximate surface area is 164 Å². The van der Waals surface area contributed by atoms with E-state index in [1.165, 1.54) is 18.6 Å². The molecule has 0 radical (unpaired) electrons. The minimum Gasteiger partial charge on any atom is -0.492 e. The van der Waals surface area contributed by atoms with Gasteiger partial charge in [-0.15, -0.1) is 0 Å². The first-order valence-electron chi connectivity index (χ1n) is 9.25. The number of rotatable bonds is 9.